The van der Waals surface area contributed by atoms with Gasteiger partial charge in [-0.25, -0.2) is 0 Å². The lowest BCUT2D eigenvalue weighted by Gasteiger charge is -2.09. The molecule has 0 spiro atoms. The molecule has 0 aromatic rings. The predicted octanol–water partition coefficient (Wildman–Crippen LogP) is 1.49. The third-order valence-corrected chi connectivity index (χ3v) is 2.71. The van der Waals surface area contributed by atoms with Crippen molar-refractivity contribution >= 4 is 5.97 Å². The van der Waals surface area contributed by atoms with Crippen molar-refractivity contribution in [3.8, 4) is 0 Å². The van der Waals surface area contributed by atoms with E-state index in [1.165, 1.54) is 0 Å². The maximum atomic E-state index is 11.4. The molecule has 1 aliphatic heterocycles. The van der Waals surface area contributed by atoms with Crippen LogP contribution in [0.3, 0.4) is 0 Å². The molecule has 1 N–H and O–H groups in total. The molecule has 1 fully saturated rings. The Morgan fingerprint density at radius 1 is 1.38 bits per heavy atom. The molecule has 94 valence electrons. The lowest BCUT2D eigenvalue weighted by atomic mass is 10.2. The summed E-state index contributed by atoms with van der Waals surface area (Å²) < 4.78 is 10.4. The Morgan fingerprint density at radius 2 is 2.25 bits per heavy atom. The summed E-state index contributed by atoms with van der Waals surface area (Å²) in [6.45, 7) is 4.81. The number of esters is 1. The number of hydrogen-bond donors (Lipinski definition) is 1. The van der Waals surface area contributed by atoms with Gasteiger partial charge in [-0.1, -0.05) is 13.3 Å². The maximum Gasteiger partial charge on any atom is 0.307 e. The van der Waals surface area contributed by atoms with Crippen molar-refractivity contribution < 1.29 is 14.3 Å². The van der Waals surface area contributed by atoms with Crippen LogP contribution in [-0.2, 0) is 14.3 Å². The molecule has 1 heterocycles. The molecular formula is C12H23NO3. The quantitative estimate of drug-likeness (QED) is 0.506. The highest BCUT2D eigenvalue weighted by molar-refractivity contribution is 5.70. The number of unbranched alkanes of at least 4 members (excludes halogenated alkanes) is 1. The number of rotatable bonds is 8. The zero-order chi connectivity index (χ0) is 11.6. The Bertz CT molecular complexity index is 191. The van der Waals surface area contributed by atoms with Crippen molar-refractivity contribution in [2.24, 2.45) is 0 Å². The lowest BCUT2D eigenvalue weighted by Crippen LogP contribution is -2.26. The highest BCUT2D eigenvalue weighted by Crippen LogP contribution is 2.09. The first-order chi connectivity index (χ1) is 7.83. The van der Waals surface area contributed by atoms with Crippen molar-refractivity contribution in [2.45, 2.75) is 45.1 Å². The van der Waals surface area contributed by atoms with E-state index in [9.17, 15) is 4.79 Å². The smallest absolute Gasteiger partial charge is 0.307 e. The molecule has 16 heavy (non-hydrogen) atoms. The van der Waals surface area contributed by atoms with E-state index in [0.29, 0.717) is 25.7 Å². The molecule has 0 aromatic heterocycles. The molecule has 0 saturated carbocycles. The summed E-state index contributed by atoms with van der Waals surface area (Å²) in [4.78, 5) is 11.4. The molecule has 1 unspecified atom stereocenters. The second-order valence-electron chi connectivity index (χ2n) is 4.18. The van der Waals surface area contributed by atoms with Crippen LogP contribution in [0.25, 0.3) is 0 Å². The summed E-state index contributed by atoms with van der Waals surface area (Å²) >= 11 is 0. The maximum absolute atomic E-state index is 11.4. The van der Waals surface area contributed by atoms with Gasteiger partial charge in [-0.15, -0.1) is 0 Å². The molecule has 0 bridgehead atoms. The number of ether oxygens (including phenoxy) is 2. The van der Waals surface area contributed by atoms with Crippen LogP contribution in [0.1, 0.15) is 39.0 Å². The Hall–Kier alpha value is -0.610. The average molecular weight is 229 g/mol. The Morgan fingerprint density at radius 3 is 2.94 bits per heavy atom. The minimum Gasteiger partial charge on any atom is -0.463 e. The van der Waals surface area contributed by atoms with Gasteiger partial charge in [0.15, 0.2) is 0 Å². The van der Waals surface area contributed by atoms with Gasteiger partial charge in [0, 0.05) is 12.6 Å². The van der Waals surface area contributed by atoms with Gasteiger partial charge in [0.2, 0.25) is 0 Å². The second-order valence-corrected chi connectivity index (χ2v) is 4.18. The van der Waals surface area contributed by atoms with E-state index in [1.807, 2.05) is 0 Å². The zero-order valence-corrected chi connectivity index (χ0v) is 10.2. The largest absolute Gasteiger partial charge is 0.463 e. The fourth-order valence-corrected chi connectivity index (χ4v) is 1.75. The van der Waals surface area contributed by atoms with E-state index < -0.39 is 0 Å². The van der Waals surface area contributed by atoms with Gasteiger partial charge in [0.1, 0.15) is 6.61 Å². The van der Waals surface area contributed by atoms with Gasteiger partial charge in [-0.05, 0) is 25.8 Å². The van der Waals surface area contributed by atoms with Crippen LogP contribution < -0.4 is 5.32 Å². The van der Waals surface area contributed by atoms with Crippen LogP contribution in [0.5, 0.6) is 0 Å². The number of hydrogen-bond acceptors (Lipinski definition) is 4. The minimum absolute atomic E-state index is 0.113. The van der Waals surface area contributed by atoms with Gasteiger partial charge >= 0.3 is 5.97 Å². The molecule has 0 aromatic carbocycles. The topological polar surface area (TPSA) is 47.6 Å². The lowest BCUT2D eigenvalue weighted by molar-refractivity contribution is -0.145. The fraction of sp³-hybridized carbons (Fsp3) is 0.917. The third-order valence-electron chi connectivity index (χ3n) is 2.71. The van der Waals surface area contributed by atoms with Gasteiger partial charge in [-0.3, -0.25) is 4.79 Å². The fourth-order valence-electron chi connectivity index (χ4n) is 1.75. The zero-order valence-electron chi connectivity index (χ0n) is 10.2. The van der Waals surface area contributed by atoms with Gasteiger partial charge in [-0.2, -0.15) is 0 Å². The van der Waals surface area contributed by atoms with Gasteiger partial charge in [0.25, 0.3) is 0 Å². The minimum atomic E-state index is -0.113. The van der Waals surface area contributed by atoms with E-state index in [-0.39, 0.29) is 5.97 Å². The summed E-state index contributed by atoms with van der Waals surface area (Å²) in [7, 11) is 0. The highest BCUT2D eigenvalue weighted by atomic mass is 16.6. The molecule has 1 aliphatic rings. The number of carbonyl (C=O) groups excluding carboxylic acids is 1. The van der Waals surface area contributed by atoms with Crippen LogP contribution in [0.2, 0.25) is 0 Å². The van der Waals surface area contributed by atoms with Crippen LogP contribution in [0.4, 0.5) is 0 Å². The van der Waals surface area contributed by atoms with Crippen molar-refractivity contribution in [2.75, 3.05) is 26.4 Å². The molecule has 1 atom stereocenters. The Kier molecular flexibility index (Phi) is 7.17. The van der Waals surface area contributed by atoms with E-state index >= 15 is 0 Å². The monoisotopic (exact) mass is 229 g/mol. The Labute approximate surface area is 97.7 Å². The molecule has 1 rings (SSSR count). The third kappa shape index (κ3) is 6.08. The molecule has 0 radical (unpaired) electrons. The Balaban J connectivity index is 1.89. The van der Waals surface area contributed by atoms with Crippen molar-refractivity contribution in [1.29, 1.82) is 0 Å². The van der Waals surface area contributed by atoms with Crippen molar-refractivity contribution in [1.82, 2.24) is 5.32 Å². The number of carbonyl (C=O) groups is 1. The predicted molar refractivity (Wildman–Crippen MR) is 62.3 cm³/mol. The van der Waals surface area contributed by atoms with Crippen molar-refractivity contribution in [3.05, 3.63) is 0 Å². The summed E-state index contributed by atoms with van der Waals surface area (Å²) in [5.41, 5.74) is 0. The summed E-state index contributed by atoms with van der Waals surface area (Å²) in [6, 6.07) is 0.327. The average Bonchev–Trinajstić information content (AvgIpc) is 2.76. The first-order valence-electron chi connectivity index (χ1n) is 6.29. The molecule has 0 amide bonds. The first kappa shape index (κ1) is 13.5. The molecule has 0 aliphatic carbocycles. The molecular weight excluding hydrogens is 206 g/mol. The van der Waals surface area contributed by atoms with E-state index in [4.69, 9.17) is 9.47 Å². The summed E-state index contributed by atoms with van der Waals surface area (Å²) in [5, 5.41) is 3.27. The normalized spacial score (nSPS) is 19.9. The second kappa shape index (κ2) is 8.53. The van der Waals surface area contributed by atoms with Crippen LogP contribution in [0.15, 0.2) is 0 Å². The van der Waals surface area contributed by atoms with E-state index in [2.05, 4.69) is 12.2 Å². The van der Waals surface area contributed by atoms with Gasteiger partial charge < -0.3 is 14.8 Å². The SMILES string of the molecule is CCCCOCCOC(=O)CC1CCCN1. The molecule has 1 saturated heterocycles. The van der Waals surface area contributed by atoms with E-state index in [0.717, 1.165) is 38.8 Å². The number of nitrogens with one attached hydrogen (secondary N) is 1. The van der Waals surface area contributed by atoms with Crippen LogP contribution in [-0.4, -0.2) is 38.4 Å². The van der Waals surface area contributed by atoms with E-state index in [1.54, 1.807) is 0 Å². The summed E-state index contributed by atoms with van der Waals surface area (Å²) in [5.74, 6) is -0.113. The van der Waals surface area contributed by atoms with Crippen LogP contribution >= 0.6 is 0 Å². The first-order valence-corrected chi connectivity index (χ1v) is 6.29. The van der Waals surface area contributed by atoms with Gasteiger partial charge in [0.05, 0.1) is 13.0 Å². The highest BCUT2D eigenvalue weighted by Gasteiger charge is 2.18. The standard InChI is InChI=1S/C12H23NO3/c1-2-3-7-15-8-9-16-12(14)10-11-5-4-6-13-11/h11,13H,2-10H2,1H3. The molecule has 4 nitrogen and oxygen atoms in total. The summed E-state index contributed by atoms with van der Waals surface area (Å²) in [6.07, 6.45) is 4.95. The van der Waals surface area contributed by atoms with Crippen molar-refractivity contribution in [3.63, 3.8) is 0 Å². The molecule has 4 heteroatoms. The van der Waals surface area contributed by atoms with Crippen LogP contribution in [0, 0.1) is 0 Å².